The first-order chi connectivity index (χ1) is 9.24. The molecule has 2 N–H and O–H groups in total. The van der Waals surface area contributed by atoms with E-state index in [0.717, 1.165) is 36.0 Å². The van der Waals surface area contributed by atoms with E-state index < -0.39 is 0 Å². The van der Waals surface area contributed by atoms with Crippen molar-refractivity contribution in [3.05, 3.63) is 35.5 Å². The largest absolute Gasteiger partial charge is 0.493 e. The highest BCUT2D eigenvalue weighted by atomic mass is 16.5. The Morgan fingerprint density at radius 1 is 1.21 bits per heavy atom. The topological polar surface area (TPSA) is 59.1 Å². The van der Waals surface area contributed by atoms with E-state index in [1.807, 2.05) is 32.2 Å². The van der Waals surface area contributed by atoms with Crippen LogP contribution < -0.4 is 15.4 Å². The SMILES string of the molecule is CNc1cc(C)nc(Nc2ccc3c(c2)CCO3)n1. The summed E-state index contributed by atoms with van der Waals surface area (Å²) in [6.45, 7) is 2.72. The Hall–Kier alpha value is -2.30. The van der Waals surface area contributed by atoms with E-state index in [1.54, 1.807) is 0 Å². The second-order valence-electron chi connectivity index (χ2n) is 4.51. The van der Waals surface area contributed by atoms with Gasteiger partial charge in [-0.1, -0.05) is 0 Å². The van der Waals surface area contributed by atoms with Crippen LogP contribution in [0.5, 0.6) is 5.75 Å². The minimum atomic E-state index is 0.600. The lowest BCUT2D eigenvalue weighted by Crippen LogP contribution is -2.02. The molecule has 0 fully saturated rings. The second-order valence-corrected chi connectivity index (χ2v) is 4.51. The molecule has 0 bridgehead atoms. The lowest BCUT2D eigenvalue weighted by Gasteiger charge is -2.09. The van der Waals surface area contributed by atoms with E-state index in [9.17, 15) is 0 Å². The number of aromatic nitrogens is 2. The fraction of sp³-hybridized carbons (Fsp3) is 0.286. The van der Waals surface area contributed by atoms with Crippen molar-refractivity contribution in [1.82, 2.24) is 9.97 Å². The van der Waals surface area contributed by atoms with Crippen molar-refractivity contribution in [2.24, 2.45) is 0 Å². The highest BCUT2D eigenvalue weighted by molar-refractivity contribution is 5.59. The van der Waals surface area contributed by atoms with Crippen molar-refractivity contribution >= 4 is 17.5 Å². The lowest BCUT2D eigenvalue weighted by atomic mass is 10.1. The van der Waals surface area contributed by atoms with Crippen molar-refractivity contribution in [1.29, 1.82) is 0 Å². The lowest BCUT2D eigenvalue weighted by molar-refractivity contribution is 0.357. The first-order valence-electron chi connectivity index (χ1n) is 6.31. The molecular formula is C14H16N4O. The molecule has 0 aliphatic carbocycles. The van der Waals surface area contributed by atoms with Gasteiger partial charge in [-0.05, 0) is 30.7 Å². The summed E-state index contributed by atoms with van der Waals surface area (Å²) in [6, 6.07) is 7.96. The average Bonchev–Trinajstić information content (AvgIpc) is 2.85. The van der Waals surface area contributed by atoms with Crippen molar-refractivity contribution < 1.29 is 4.74 Å². The Kier molecular flexibility index (Phi) is 2.95. The zero-order valence-electron chi connectivity index (χ0n) is 11.0. The first kappa shape index (κ1) is 11.8. The first-order valence-corrected chi connectivity index (χ1v) is 6.31. The van der Waals surface area contributed by atoms with Gasteiger partial charge < -0.3 is 15.4 Å². The summed E-state index contributed by atoms with van der Waals surface area (Å²) in [5.74, 6) is 2.38. The maximum absolute atomic E-state index is 5.49. The number of benzene rings is 1. The van der Waals surface area contributed by atoms with Crippen LogP contribution in [0.3, 0.4) is 0 Å². The zero-order chi connectivity index (χ0) is 13.2. The molecule has 1 aromatic heterocycles. The summed E-state index contributed by atoms with van der Waals surface area (Å²) in [7, 11) is 1.85. The van der Waals surface area contributed by atoms with Gasteiger partial charge in [0.1, 0.15) is 11.6 Å². The number of nitrogens with one attached hydrogen (secondary N) is 2. The number of rotatable bonds is 3. The van der Waals surface area contributed by atoms with Crippen LogP contribution in [0, 0.1) is 6.92 Å². The summed E-state index contributed by atoms with van der Waals surface area (Å²) in [5.41, 5.74) is 3.13. The van der Waals surface area contributed by atoms with E-state index in [1.165, 1.54) is 5.56 Å². The van der Waals surface area contributed by atoms with Gasteiger partial charge >= 0.3 is 0 Å². The number of nitrogens with zero attached hydrogens (tertiary/aromatic N) is 2. The van der Waals surface area contributed by atoms with Crippen LogP contribution in [0.2, 0.25) is 0 Å². The van der Waals surface area contributed by atoms with E-state index in [4.69, 9.17) is 4.74 Å². The molecule has 0 saturated heterocycles. The van der Waals surface area contributed by atoms with Crippen LogP contribution >= 0.6 is 0 Å². The molecule has 0 amide bonds. The third-order valence-corrected chi connectivity index (χ3v) is 3.06. The summed E-state index contributed by atoms with van der Waals surface area (Å²) in [6.07, 6.45) is 0.960. The molecule has 98 valence electrons. The molecule has 2 heterocycles. The Morgan fingerprint density at radius 3 is 2.95 bits per heavy atom. The fourth-order valence-electron chi connectivity index (χ4n) is 2.15. The number of aryl methyl sites for hydroxylation is 1. The third kappa shape index (κ3) is 2.45. The number of hydrogen-bond donors (Lipinski definition) is 2. The standard InChI is InChI=1S/C14H16N4O/c1-9-7-13(15-2)18-14(16-9)17-11-3-4-12-10(8-11)5-6-19-12/h3-4,7-8H,5-6H2,1-2H3,(H2,15,16,17,18). The molecule has 0 unspecified atom stereocenters. The van der Waals surface area contributed by atoms with Crippen LogP contribution in [0.4, 0.5) is 17.5 Å². The van der Waals surface area contributed by atoms with Gasteiger partial charge in [-0.15, -0.1) is 0 Å². The van der Waals surface area contributed by atoms with Crippen LogP contribution in [0.1, 0.15) is 11.3 Å². The molecule has 1 aliphatic heterocycles. The predicted molar refractivity (Wildman–Crippen MR) is 75.2 cm³/mol. The summed E-state index contributed by atoms with van der Waals surface area (Å²) in [4.78, 5) is 8.75. The Labute approximate surface area is 112 Å². The Balaban J connectivity index is 1.86. The second kappa shape index (κ2) is 4.76. The van der Waals surface area contributed by atoms with Gasteiger partial charge in [0.25, 0.3) is 0 Å². The van der Waals surface area contributed by atoms with Gasteiger partial charge in [-0.2, -0.15) is 4.98 Å². The van der Waals surface area contributed by atoms with Gasteiger partial charge in [-0.3, -0.25) is 0 Å². The van der Waals surface area contributed by atoms with E-state index in [-0.39, 0.29) is 0 Å². The smallest absolute Gasteiger partial charge is 0.229 e. The van der Waals surface area contributed by atoms with Crippen molar-refractivity contribution in [2.45, 2.75) is 13.3 Å². The highest BCUT2D eigenvalue weighted by Gasteiger charge is 2.12. The number of anilines is 3. The summed E-state index contributed by atoms with van der Waals surface area (Å²) in [5, 5.41) is 6.26. The molecule has 0 saturated carbocycles. The molecule has 5 heteroatoms. The Morgan fingerprint density at radius 2 is 2.11 bits per heavy atom. The third-order valence-electron chi connectivity index (χ3n) is 3.06. The van der Waals surface area contributed by atoms with Gasteiger partial charge in [0.2, 0.25) is 5.95 Å². The highest BCUT2D eigenvalue weighted by Crippen LogP contribution is 2.28. The molecule has 1 aliphatic rings. The molecule has 0 radical (unpaired) electrons. The number of ether oxygens (including phenoxy) is 1. The fourth-order valence-corrected chi connectivity index (χ4v) is 2.15. The average molecular weight is 256 g/mol. The van der Waals surface area contributed by atoms with Gasteiger partial charge in [0, 0.05) is 30.9 Å². The molecule has 0 atom stereocenters. The maximum atomic E-state index is 5.49. The maximum Gasteiger partial charge on any atom is 0.229 e. The van der Waals surface area contributed by atoms with E-state index in [0.29, 0.717) is 5.95 Å². The van der Waals surface area contributed by atoms with Crippen LogP contribution in [-0.4, -0.2) is 23.6 Å². The summed E-state index contributed by atoms with van der Waals surface area (Å²) >= 11 is 0. The Bertz CT molecular complexity index is 612. The van der Waals surface area contributed by atoms with Crippen molar-refractivity contribution in [2.75, 3.05) is 24.3 Å². The number of hydrogen-bond acceptors (Lipinski definition) is 5. The van der Waals surface area contributed by atoms with Gasteiger partial charge in [0.15, 0.2) is 0 Å². The predicted octanol–water partition coefficient (Wildman–Crippen LogP) is 2.51. The van der Waals surface area contributed by atoms with Crippen molar-refractivity contribution in [3.8, 4) is 5.75 Å². The van der Waals surface area contributed by atoms with Crippen LogP contribution in [0.15, 0.2) is 24.3 Å². The van der Waals surface area contributed by atoms with Crippen molar-refractivity contribution in [3.63, 3.8) is 0 Å². The minimum absolute atomic E-state index is 0.600. The van der Waals surface area contributed by atoms with Crippen LogP contribution in [0.25, 0.3) is 0 Å². The molecule has 0 spiro atoms. The normalized spacial score (nSPS) is 12.7. The molecular weight excluding hydrogens is 240 g/mol. The molecule has 19 heavy (non-hydrogen) atoms. The molecule has 2 aromatic rings. The molecule has 5 nitrogen and oxygen atoms in total. The van der Waals surface area contributed by atoms with Crippen LogP contribution in [-0.2, 0) is 6.42 Å². The quantitative estimate of drug-likeness (QED) is 0.883. The molecule has 3 rings (SSSR count). The van der Waals surface area contributed by atoms with E-state index >= 15 is 0 Å². The zero-order valence-corrected chi connectivity index (χ0v) is 11.0. The summed E-state index contributed by atoms with van der Waals surface area (Å²) < 4.78 is 5.49. The van der Waals surface area contributed by atoms with Gasteiger partial charge in [-0.25, -0.2) is 4.98 Å². The monoisotopic (exact) mass is 256 g/mol. The van der Waals surface area contributed by atoms with Gasteiger partial charge in [0.05, 0.1) is 6.61 Å². The molecule has 1 aromatic carbocycles. The minimum Gasteiger partial charge on any atom is -0.493 e. The number of fused-ring (bicyclic) bond motifs is 1. The van der Waals surface area contributed by atoms with E-state index in [2.05, 4.69) is 26.7 Å².